The van der Waals surface area contributed by atoms with Gasteiger partial charge in [-0.05, 0) is 67.7 Å². The lowest BCUT2D eigenvalue weighted by Gasteiger charge is -2.60. The first kappa shape index (κ1) is 22.2. The average molecular weight is 459 g/mol. The zero-order valence-corrected chi connectivity index (χ0v) is 21.0. The van der Waals surface area contributed by atoms with Gasteiger partial charge < -0.3 is 9.47 Å². The second kappa shape index (κ2) is 8.04. The molecule has 1 spiro atoms. The van der Waals surface area contributed by atoms with Gasteiger partial charge >= 0.3 is 14.1 Å². The minimum atomic E-state index is -1.00. The van der Waals surface area contributed by atoms with E-state index in [1.54, 1.807) is 0 Å². The van der Waals surface area contributed by atoms with Gasteiger partial charge in [-0.25, -0.2) is 14.6 Å². The summed E-state index contributed by atoms with van der Waals surface area (Å²) in [6, 6.07) is 5.99. The highest BCUT2D eigenvalue weighted by molar-refractivity contribution is 6.64. The summed E-state index contributed by atoms with van der Waals surface area (Å²) < 4.78 is 13.3. The van der Waals surface area contributed by atoms with Gasteiger partial charge in [0.15, 0.2) is 11.9 Å². The molecule has 1 aromatic carbocycles. The van der Waals surface area contributed by atoms with E-state index in [2.05, 4.69) is 36.1 Å². The van der Waals surface area contributed by atoms with E-state index >= 15 is 0 Å². The highest BCUT2D eigenvalue weighted by Crippen LogP contribution is 2.62. The van der Waals surface area contributed by atoms with Crippen molar-refractivity contribution >= 4 is 25.7 Å². The van der Waals surface area contributed by atoms with E-state index in [1.807, 2.05) is 25.1 Å². The topological polar surface area (TPSA) is 36.9 Å². The van der Waals surface area contributed by atoms with Crippen LogP contribution in [0.15, 0.2) is 18.2 Å². The van der Waals surface area contributed by atoms with Crippen LogP contribution in [0.1, 0.15) is 63.7 Å². The summed E-state index contributed by atoms with van der Waals surface area (Å²) >= 11 is 5.44. The Morgan fingerprint density at radius 3 is 2.68 bits per heavy atom. The van der Waals surface area contributed by atoms with E-state index in [-0.39, 0.29) is 12.0 Å². The van der Waals surface area contributed by atoms with Gasteiger partial charge in [0, 0.05) is 22.9 Å². The number of hydrogen-bond acceptors (Lipinski definition) is 4. The molecule has 166 valence electrons. The van der Waals surface area contributed by atoms with Crippen molar-refractivity contribution in [2.24, 2.45) is 23.7 Å². The predicted octanol–water partition coefficient (Wildman–Crippen LogP) is 5.91. The van der Waals surface area contributed by atoms with Crippen LogP contribution in [-0.2, 0) is 19.2 Å². The Labute approximate surface area is 195 Å². The van der Waals surface area contributed by atoms with Gasteiger partial charge in [-0.3, -0.25) is 0 Å². The van der Waals surface area contributed by atoms with Crippen molar-refractivity contribution in [3.8, 4) is 10.7 Å². The average Bonchev–Trinajstić information content (AvgIpc) is 2.95. The summed E-state index contributed by atoms with van der Waals surface area (Å²) in [5, 5.41) is 0.712. The van der Waals surface area contributed by atoms with E-state index in [1.165, 1.54) is 6.42 Å². The van der Waals surface area contributed by atoms with Crippen molar-refractivity contribution < 1.29 is 19.2 Å². The molecule has 4 saturated heterocycles. The van der Waals surface area contributed by atoms with Crippen molar-refractivity contribution in [1.29, 1.82) is 0 Å². The van der Waals surface area contributed by atoms with Crippen LogP contribution in [0.25, 0.3) is 0 Å². The fourth-order valence-electron chi connectivity index (χ4n) is 6.37. The standard InChI is InChI=1S/C23H26ClO4.2CH3.Al/c1-5-15-7-8-16(24)12-17(15)20-14(3)19-9-6-13(2)18-10-11-22(4)26-21(25-20)23(18,19)28-27-22;;;/h7-8,12-14,18-21H,6,9-11H2,2-4H3;2*1H3;/t13-,14-,18+,19+,20-,21-,22-,23?;;;/m1.../s1. The highest BCUT2D eigenvalue weighted by atomic mass is 35.5. The molecule has 1 saturated carbocycles. The molecule has 5 aliphatic rings. The Balaban J connectivity index is 1.59. The molecule has 0 aromatic heterocycles. The van der Waals surface area contributed by atoms with Gasteiger partial charge in [0.25, 0.3) is 0 Å². The normalized spacial score (nSPS) is 43.4. The largest absolute Gasteiger partial charge is 0.370 e. The summed E-state index contributed by atoms with van der Waals surface area (Å²) in [6.07, 6.45) is 3.55. The van der Waals surface area contributed by atoms with Gasteiger partial charge in [0.1, 0.15) is 0 Å². The van der Waals surface area contributed by atoms with Crippen LogP contribution >= 0.6 is 11.6 Å². The molecule has 6 heteroatoms. The minimum absolute atomic E-state index is 0.141. The molecule has 5 fully saturated rings. The Bertz CT molecular complexity index is 926. The van der Waals surface area contributed by atoms with Gasteiger partial charge in [-0.1, -0.05) is 42.9 Å². The predicted molar refractivity (Wildman–Crippen MR) is 122 cm³/mol. The molecule has 8 atom stereocenters. The Morgan fingerprint density at radius 2 is 1.90 bits per heavy atom. The quantitative estimate of drug-likeness (QED) is 0.298. The lowest BCUT2D eigenvalue weighted by molar-refractivity contribution is -0.571. The van der Waals surface area contributed by atoms with Crippen LogP contribution in [0.3, 0.4) is 0 Å². The van der Waals surface area contributed by atoms with Crippen LogP contribution in [0, 0.1) is 34.4 Å². The highest BCUT2D eigenvalue weighted by Gasteiger charge is 2.69. The fourth-order valence-corrected chi connectivity index (χ4v) is 6.99. The van der Waals surface area contributed by atoms with E-state index in [9.17, 15) is 0 Å². The Morgan fingerprint density at radius 1 is 1.10 bits per heavy atom. The smallest absolute Gasteiger partial charge is 0.341 e. The molecule has 6 rings (SSSR count). The van der Waals surface area contributed by atoms with Crippen molar-refractivity contribution in [3.63, 3.8) is 0 Å². The summed E-state index contributed by atoms with van der Waals surface area (Å²) in [5.74, 6) is 8.59. The number of fused-ring (bicyclic) bond motifs is 2. The number of halogens is 1. The molecule has 1 aliphatic carbocycles. The van der Waals surface area contributed by atoms with E-state index < -0.39 is 31.8 Å². The molecule has 4 heterocycles. The maximum Gasteiger partial charge on any atom is 0.370 e. The zero-order valence-electron chi connectivity index (χ0n) is 19.1. The minimum Gasteiger partial charge on any atom is -0.341 e. The first-order valence-corrected chi connectivity index (χ1v) is 15.0. The number of rotatable bonds is 1. The van der Waals surface area contributed by atoms with E-state index in [4.69, 9.17) is 30.8 Å². The van der Waals surface area contributed by atoms with Crippen molar-refractivity contribution in [2.75, 3.05) is 0 Å². The molecule has 4 aliphatic heterocycles. The van der Waals surface area contributed by atoms with Crippen LogP contribution in [0.5, 0.6) is 0 Å². The number of hydrogen-bond donors (Lipinski definition) is 0. The summed E-state index contributed by atoms with van der Waals surface area (Å²) in [4.78, 5) is 15.7. The maximum atomic E-state index is 6.80. The van der Waals surface area contributed by atoms with Gasteiger partial charge in [0.05, 0.1) is 6.10 Å². The second-order valence-electron chi connectivity index (χ2n) is 10.5. The third-order valence-electron chi connectivity index (χ3n) is 7.97. The summed E-state index contributed by atoms with van der Waals surface area (Å²) in [5.41, 5.74) is 1.54. The van der Waals surface area contributed by atoms with Gasteiger partial charge in [-0.2, -0.15) is 0 Å². The fraction of sp³-hybridized carbons (Fsp3) is 0.680. The Kier molecular flexibility index (Phi) is 5.77. The second-order valence-corrected chi connectivity index (χ2v) is 13.5. The molecular formula is C25H32AlClO4. The van der Waals surface area contributed by atoms with Crippen LogP contribution < -0.4 is 0 Å². The third-order valence-corrected chi connectivity index (χ3v) is 8.93. The summed E-state index contributed by atoms with van der Waals surface area (Å²) in [6.45, 7) is 6.59. The molecule has 0 N–H and O–H groups in total. The van der Waals surface area contributed by atoms with Crippen molar-refractivity contribution in [1.82, 2.24) is 0 Å². The van der Waals surface area contributed by atoms with E-state index in [0.29, 0.717) is 22.8 Å². The van der Waals surface area contributed by atoms with Crippen molar-refractivity contribution in [3.05, 3.63) is 34.3 Å². The van der Waals surface area contributed by atoms with Crippen LogP contribution in [0.4, 0.5) is 0 Å². The van der Waals surface area contributed by atoms with Crippen molar-refractivity contribution in [2.45, 2.75) is 81.8 Å². The van der Waals surface area contributed by atoms with Gasteiger partial charge in [-0.15, -0.1) is 0 Å². The molecule has 0 radical (unpaired) electrons. The molecule has 0 amide bonds. The molecule has 4 nitrogen and oxygen atoms in total. The monoisotopic (exact) mass is 458 g/mol. The maximum absolute atomic E-state index is 6.80. The molecule has 31 heavy (non-hydrogen) atoms. The number of benzene rings is 1. The number of ether oxygens (including phenoxy) is 2. The lowest BCUT2D eigenvalue weighted by Crippen LogP contribution is -2.69. The molecular weight excluding hydrogens is 427 g/mol. The Hall–Kier alpha value is -0.558. The van der Waals surface area contributed by atoms with E-state index in [0.717, 1.165) is 30.4 Å². The first-order chi connectivity index (χ1) is 14.7. The van der Waals surface area contributed by atoms with Crippen LogP contribution in [0.2, 0.25) is 16.6 Å². The zero-order chi connectivity index (χ0) is 22.0. The molecule has 1 unspecified atom stereocenters. The molecule has 2 bridgehead atoms. The SMILES string of the molecule is C[C@H]1[C@H](c2cc(Cl)ccc2C#[C][Al]([CH3])[CH3])O[C@@H]2O[C@@]3(C)CC[C@H]4[C@H](C)CC[C@@H]1C24OO3. The summed E-state index contributed by atoms with van der Waals surface area (Å²) in [7, 11) is 0. The van der Waals surface area contributed by atoms with Gasteiger partial charge in [0.2, 0.25) is 5.79 Å². The molecule has 1 aromatic rings. The van der Waals surface area contributed by atoms with Crippen LogP contribution in [-0.4, -0.2) is 31.8 Å². The lowest BCUT2D eigenvalue weighted by atomic mass is 9.57. The third kappa shape index (κ3) is 3.60. The first-order valence-electron chi connectivity index (χ1n) is 11.7.